The van der Waals surface area contributed by atoms with Gasteiger partial charge in [0.25, 0.3) is 5.91 Å². The minimum Gasteiger partial charge on any atom is -0.378 e. The highest BCUT2D eigenvalue weighted by atomic mass is 16.5. The van der Waals surface area contributed by atoms with E-state index in [2.05, 4.69) is 39.1 Å². The summed E-state index contributed by atoms with van der Waals surface area (Å²) < 4.78 is 5.41. The van der Waals surface area contributed by atoms with Gasteiger partial charge in [0.05, 0.1) is 35.6 Å². The molecule has 29 heavy (non-hydrogen) atoms. The molecule has 0 unspecified atom stereocenters. The van der Waals surface area contributed by atoms with Crippen LogP contribution >= 0.6 is 0 Å². The van der Waals surface area contributed by atoms with Crippen LogP contribution < -0.4 is 4.90 Å². The molecule has 6 heteroatoms. The van der Waals surface area contributed by atoms with Crippen LogP contribution in [0, 0.1) is 13.8 Å². The number of nitrogens with zero attached hydrogens (tertiary/aromatic N) is 4. The Morgan fingerprint density at radius 2 is 1.66 bits per heavy atom. The lowest BCUT2D eigenvalue weighted by atomic mass is 10.1. The molecule has 3 aromatic rings. The standard InChI is InChI=1S/C23H26N4O2/c1-16-17(2)25-22-14-19(6-9-21(22)24-16)23(28)26(3)15-18-4-7-20(8-5-18)27-10-12-29-13-11-27/h4-9,14H,10-13,15H2,1-3H3. The van der Waals surface area contributed by atoms with E-state index < -0.39 is 0 Å². The number of carbonyl (C=O) groups is 1. The molecule has 150 valence electrons. The molecule has 2 heterocycles. The van der Waals surface area contributed by atoms with Crippen LogP contribution in [-0.4, -0.2) is 54.1 Å². The highest BCUT2D eigenvalue weighted by Crippen LogP contribution is 2.19. The molecule has 0 N–H and O–H groups in total. The van der Waals surface area contributed by atoms with Crippen LogP contribution in [0.3, 0.4) is 0 Å². The first-order chi connectivity index (χ1) is 14.0. The van der Waals surface area contributed by atoms with Crippen LogP contribution in [-0.2, 0) is 11.3 Å². The predicted molar refractivity (Wildman–Crippen MR) is 114 cm³/mol. The molecule has 0 bridgehead atoms. The number of aromatic nitrogens is 2. The van der Waals surface area contributed by atoms with Gasteiger partial charge in [0.1, 0.15) is 0 Å². The zero-order valence-electron chi connectivity index (χ0n) is 17.2. The molecule has 2 aromatic carbocycles. The maximum Gasteiger partial charge on any atom is 0.253 e. The van der Waals surface area contributed by atoms with Gasteiger partial charge in [-0.25, -0.2) is 9.97 Å². The number of hydrogen-bond acceptors (Lipinski definition) is 5. The maximum atomic E-state index is 12.9. The molecule has 0 radical (unpaired) electrons. The Morgan fingerprint density at radius 3 is 2.34 bits per heavy atom. The second-order valence-electron chi connectivity index (χ2n) is 7.53. The summed E-state index contributed by atoms with van der Waals surface area (Å²) in [4.78, 5) is 26.1. The molecule has 0 atom stereocenters. The van der Waals surface area contributed by atoms with E-state index >= 15 is 0 Å². The molecule has 1 amide bonds. The largest absolute Gasteiger partial charge is 0.378 e. The minimum atomic E-state index is -0.0239. The molecule has 1 aromatic heterocycles. The van der Waals surface area contributed by atoms with Crippen molar-refractivity contribution in [1.82, 2.24) is 14.9 Å². The molecule has 1 aliphatic rings. The zero-order valence-corrected chi connectivity index (χ0v) is 17.2. The molecular formula is C23H26N4O2. The fourth-order valence-corrected chi connectivity index (χ4v) is 3.56. The zero-order chi connectivity index (χ0) is 20.4. The van der Waals surface area contributed by atoms with Gasteiger partial charge in [-0.1, -0.05) is 12.1 Å². The van der Waals surface area contributed by atoms with Crippen molar-refractivity contribution in [1.29, 1.82) is 0 Å². The Hall–Kier alpha value is -2.99. The second kappa shape index (κ2) is 8.17. The lowest BCUT2D eigenvalue weighted by Crippen LogP contribution is -2.36. The van der Waals surface area contributed by atoms with Crippen molar-refractivity contribution in [3.63, 3.8) is 0 Å². The Labute approximate surface area is 171 Å². The van der Waals surface area contributed by atoms with Gasteiger partial charge in [-0.15, -0.1) is 0 Å². The number of morpholine rings is 1. The minimum absolute atomic E-state index is 0.0239. The normalized spacial score (nSPS) is 14.2. The number of fused-ring (bicyclic) bond motifs is 1. The predicted octanol–water partition coefficient (Wildman–Crippen LogP) is 3.36. The number of carbonyl (C=O) groups excluding carboxylic acids is 1. The summed E-state index contributed by atoms with van der Waals surface area (Å²) in [5.41, 5.74) is 6.29. The molecule has 1 aliphatic heterocycles. The molecule has 6 nitrogen and oxygen atoms in total. The third-order valence-electron chi connectivity index (χ3n) is 5.40. The van der Waals surface area contributed by atoms with Crippen molar-refractivity contribution < 1.29 is 9.53 Å². The van der Waals surface area contributed by atoms with Gasteiger partial charge in [-0.3, -0.25) is 4.79 Å². The summed E-state index contributed by atoms with van der Waals surface area (Å²) >= 11 is 0. The van der Waals surface area contributed by atoms with Gasteiger partial charge >= 0.3 is 0 Å². The van der Waals surface area contributed by atoms with Crippen LogP contribution in [0.5, 0.6) is 0 Å². The summed E-state index contributed by atoms with van der Waals surface area (Å²) in [7, 11) is 1.83. The maximum absolute atomic E-state index is 12.9. The summed E-state index contributed by atoms with van der Waals surface area (Å²) in [6, 6.07) is 13.9. The number of ether oxygens (including phenoxy) is 1. The van der Waals surface area contributed by atoms with Gasteiger partial charge in [-0.2, -0.15) is 0 Å². The molecule has 1 fully saturated rings. The fourth-order valence-electron chi connectivity index (χ4n) is 3.56. The Bertz CT molecular complexity index is 1030. The number of amides is 1. The number of anilines is 1. The van der Waals surface area contributed by atoms with Gasteiger partial charge in [0.15, 0.2) is 0 Å². The van der Waals surface area contributed by atoms with E-state index in [4.69, 9.17) is 4.74 Å². The summed E-state index contributed by atoms with van der Waals surface area (Å²) in [5, 5.41) is 0. The quantitative estimate of drug-likeness (QED) is 0.684. The SMILES string of the molecule is Cc1nc2ccc(C(=O)N(C)Cc3ccc(N4CCOCC4)cc3)cc2nc1C. The van der Waals surface area contributed by atoms with Gasteiger partial charge in [0, 0.05) is 37.9 Å². The van der Waals surface area contributed by atoms with E-state index in [0.717, 1.165) is 54.3 Å². The molecule has 0 spiro atoms. The fraction of sp³-hybridized carbons (Fsp3) is 0.348. The highest BCUT2D eigenvalue weighted by Gasteiger charge is 2.15. The summed E-state index contributed by atoms with van der Waals surface area (Å²) in [6.45, 7) is 7.81. The number of hydrogen-bond donors (Lipinski definition) is 0. The average molecular weight is 390 g/mol. The van der Waals surface area contributed by atoms with E-state index in [1.165, 1.54) is 5.69 Å². The van der Waals surface area contributed by atoms with Gasteiger partial charge < -0.3 is 14.5 Å². The van der Waals surface area contributed by atoms with Crippen LogP contribution in [0.4, 0.5) is 5.69 Å². The van der Waals surface area contributed by atoms with E-state index in [1.54, 1.807) is 4.90 Å². The van der Waals surface area contributed by atoms with Crippen molar-refractivity contribution in [2.75, 3.05) is 38.3 Å². The van der Waals surface area contributed by atoms with E-state index in [1.807, 2.05) is 39.1 Å². The monoisotopic (exact) mass is 390 g/mol. The lowest BCUT2D eigenvalue weighted by molar-refractivity contribution is 0.0785. The molecular weight excluding hydrogens is 364 g/mol. The first kappa shape index (κ1) is 19.3. The van der Waals surface area contributed by atoms with E-state index in [9.17, 15) is 4.79 Å². The average Bonchev–Trinajstić information content (AvgIpc) is 2.75. The molecule has 0 saturated carbocycles. The van der Waals surface area contributed by atoms with Crippen molar-refractivity contribution in [3.8, 4) is 0 Å². The molecule has 0 aliphatic carbocycles. The summed E-state index contributed by atoms with van der Waals surface area (Å²) in [6.07, 6.45) is 0. The van der Waals surface area contributed by atoms with Gasteiger partial charge in [0.2, 0.25) is 0 Å². The highest BCUT2D eigenvalue weighted by molar-refractivity contribution is 5.97. The van der Waals surface area contributed by atoms with Crippen LogP contribution in [0.1, 0.15) is 27.3 Å². The second-order valence-corrected chi connectivity index (χ2v) is 7.53. The first-order valence-corrected chi connectivity index (χ1v) is 9.93. The topological polar surface area (TPSA) is 58.6 Å². The number of benzene rings is 2. The molecule has 4 rings (SSSR count). The summed E-state index contributed by atoms with van der Waals surface area (Å²) in [5.74, 6) is -0.0239. The van der Waals surface area contributed by atoms with E-state index in [0.29, 0.717) is 12.1 Å². The first-order valence-electron chi connectivity index (χ1n) is 9.93. The Kier molecular flexibility index (Phi) is 5.45. The van der Waals surface area contributed by atoms with Crippen LogP contribution in [0.15, 0.2) is 42.5 Å². The third-order valence-corrected chi connectivity index (χ3v) is 5.40. The lowest BCUT2D eigenvalue weighted by Gasteiger charge is -2.29. The van der Waals surface area contributed by atoms with Crippen molar-refractivity contribution in [2.45, 2.75) is 20.4 Å². The van der Waals surface area contributed by atoms with Gasteiger partial charge in [-0.05, 0) is 49.7 Å². The number of rotatable bonds is 4. The van der Waals surface area contributed by atoms with Crippen LogP contribution in [0.2, 0.25) is 0 Å². The Morgan fingerprint density at radius 1 is 1.00 bits per heavy atom. The van der Waals surface area contributed by atoms with Crippen molar-refractivity contribution >= 4 is 22.6 Å². The Balaban J connectivity index is 1.46. The van der Waals surface area contributed by atoms with Crippen molar-refractivity contribution in [2.24, 2.45) is 0 Å². The number of aryl methyl sites for hydroxylation is 2. The van der Waals surface area contributed by atoms with Crippen molar-refractivity contribution in [3.05, 3.63) is 65.0 Å². The van der Waals surface area contributed by atoms with Crippen LogP contribution in [0.25, 0.3) is 11.0 Å². The van der Waals surface area contributed by atoms with E-state index in [-0.39, 0.29) is 5.91 Å². The molecule has 1 saturated heterocycles. The smallest absolute Gasteiger partial charge is 0.253 e. The third kappa shape index (κ3) is 4.22.